The van der Waals surface area contributed by atoms with E-state index in [-0.39, 0.29) is 0 Å². The van der Waals surface area contributed by atoms with E-state index >= 15 is 0 Å². The van der Waals surface area contributed by atoms with Crippen LogP contribution in [0.5, 0.6) is 0 Å². The van der Waals surface area contributed by atoms with Gasteiger partial charge in [0, 0.05) is 31.7 Å². The molecule has 1 aromatic carbocycles. The number of piperazine rings is 1. The summed E-state index contributed by atoms with van der Waals surface area (Å²) in [5.74, 6) is 1.01. The Morgan fingerprint density at radius 3 is 2.57 bits per heavy atom. The van der Waals surface area contributed by atoms with Crippen LogP contribution in [0.3, 0.4) is 0 Å². The summed E-state index contributed by atoms with van der Waals surface area (Å²) < 4.78 is 1.94. The molecule has 1 aliphatic rings. The lowest BCUT2D eigenvalue weighted by Gasteiger charge is -2.28. The maximum Gasteiger partial charge on any atom is 0.154 e. The van der Waals surface area contributed by atoms with Gasteiger partial charge in [-0.15, -0.1) is 5.10 Å². The van der Waals surface area contributed by atoms with Gasteiger partial charge in [0.1, 0.15) is 5.82 Å². The minimum Gasteiger partial charge on any atom is -0.353 e. The van der Waals surface area contributed by atoms with E-state index in [9.17, 15) is 0 Å². The van der Waals surface area contributed by atoms with E-state index in [0.717, 1.165) is 48.9 Å². The molecule has 3 heterocycles. The number of nitrogens with zero attached hydrogens (tertiary/aromatic N) is 4. The van der Waals surface area contributed by atoms with Gasteiger partial charge in [-0.1, -0.05) is 30.3 Å². The predicted molar refractivity (Wildman–Crippen MR) is 83.5 cm³/mol. The summed E-state index contributed by atoms with van der Waals surface area (Å²) in [6, 6.07) is 14.4. The zero-order valence-corrected chi connectivity index (χ0v) is 11.7. The number of nitrogens with one attached hydrogen (secondary N) is 1. The number of hydrogen-bond acceptors (Lipinski definition) is 4. The van der Waals surface area contributed by atoms with E-state index < -0.39 is 0 Å². The first-order chi connectivity index (χ1) is 10.4. The average molecular weight is 279 g/mol. The smallest absolute Gasteiger partial charge is 0.154 e. The molecule has 1 N–H and O–H groups in total. The lowest BCUT2D eigenvalue weighted by atomic mass is 10.2. The van der Waals surface area contributed by atoms with Crippen molar-refractivity contribution in [2.45, 2.75) is 0 Å². The van der Waals surface area contributed by atoms with Gasteiger partial charge < -0.3 is 10.2 Å². The van der Waals surface area contributed by atoms with Crippen molar-refractivity contribution in [3.8, 4) is 11.3 Å². The first-order valence-electron chi connectivity index (χ1n) is 7.28. The summed E-state index contributed by atoms with van der Waals surface area (Å²) >= 11 is 0. The van der Waals surface area contributed by atoms with Gasteiger partial charge in [-0.3, -0.25) is 0 Å². The zero-order chi connectivity index (χ0) is 14.1. The Labute approximate surface area is 123 Å². The fourth-order valence-electron chi connectivity index (χ4n) is 2.73. The quantitative estimate of drug-likeness (QED) is 0.777. The lowest BCUT2D eigenvalue weighted by Crippen LogP contribution is -2.44. The van der Waals surface area contributed by atoms with Gasteiger partial charge in [-0.2, -0.15) is 0 Å². The van der Waals surface area contributed by atoms with Gasteiger partial charge >= 0.3 is 0 Å². The van der Waals surface area contributed by atoms with E-state index in [0.29, 0.717) is 0 Å². The molecule has 3 aromatic rings. The van der Waals surface area contributed by atoms with Crippen LogP contribution in [0, 0.1) is 0 Å². The maximum atomic E-state index is 4.79. The highest BCUT2D eigenvalue weighted by Gasteiger charge is 2.14. The van der Waals surface area contributed by atoms with Crippen LogP contribution in [0.1, 0.15) is 0 Å². The molecule has 0 radical (unpaired) electrons. The highest BCUT2D eigenvalue weighted by atomic mass is 15.3. The summed E-state index contributed by atoms with van der Waals surface area (Å²) in [5.41, 5.74) is 3.05. The summed E-state index contributed by atoms with van der Waals surface area (Å²) in [6.07, 6.45) is 1.89. The minimum absolute atomic E-state index is 0.882. The van der Waals surface area contributed by atoms with Crippen molar-refractivity contribution in [1.82, 2.24) is 19.9 Å². The second kappa shape index (κ2) is 5.18. The monoisotopic (exact) mass is 279 g/mol. The van der Waals surface area contributed by atoms with E-state index in [4.69, 9.17) is 5.10 Å². The second-order valence-electron chi connectivity index (χ2n) is 5.21. The Bertz CT molecular complexity index is 744. The molecule has 1 fully saturated rings. The lowest BCUT2D eigenvalue weighted by molar-refractivity contribution is 0.582. The molecule has 1 aliphatic heterocycles. The average Bonchev–Trinajstić information content (AvgIpc) is 2.99. The van der Waals surface area contributed by atoms with Crippen molar-refractivity contribution in [2.75, 3.05) is 31.1 Å². The maximum absolute atomic E-state index is 4.79. The third-order valence-electron chi connectivity index (χ3n) is 3.86. The molecule has 5 nitrogen and oxygen atoms in total. The first kappa shape index (κ1) is 12.3. The molecule has 0 saturated carbocycles. The van der Waals surface area contributed by atoms with Gasteiger partial charge in [0.05, 0.1) is 11.9 Å². The molecule has 1 saturated heterocycles. The van der Waals surface area contributed by atoms with Crippen LogP contribution in [0.15, 0.2) is 48.7 Å². The molecule has 0 aliphatic carbocycles. The van der Waals surface area contributed by atoms with Crippen molar-refractivity contribution in [3.05, 3.63) is 48.7 Å². The standard InChI is InChI=1S/C16H17N5/c1-2-4-13(5-3-1)14-12-18-15-6-7-16(19-21(14)15)20-10-8-17-9-11-20/h1-7,12,17H,8-11H2. The number of benzene rings is 1. The Morgan fingerprint density at radius 2 is 1.76 bits per heavy atom. The molecule has 21 heavy (non-hydrogen) atoms. The van der Waals surface area contributed by atoms with E-state index in [2.05, 4.69) is 33.4 Å². The second-order valence-corrected chi connectivity index (χ2v) is 5.21. The van der Waals surface area contributed by atoms with Gasteiger partial charge in [0.15, 0.2) is 5.65 Å². The van der Waals surface area contributed by atoms with Gasteiger partial charge in [0.2, 0.25) is 0 Å². The van der Waals surface area contributed by atoms with E-state index in [1.54, 1.807) is 0 Å². The SMILES string of the molecule is c1ccc(-c2cnc3ccc(N4CCNCC4)nn23)cc1. The molecule has 0 bridgehead atoms. The van der Waals surface area contributed by atoms with Crippen LogP contribution in [0.25, 0.3) is 16.9 Å². The number of imidazole rings is 1. The summed E-state index contributed by atoms with van der Waals surface area (Å²) in [4.78, 5) is 6.76. The number of hydrogen-bond donors (Lipinski definition) is 1. The van der Waals surface area contributed by atoms with Crippen molar-refractivity contribution >= 4 is 11.5 Å². The summed E-state index contributed by atoms with van der Waals surface area (Å²) in [6.45, 7) is 4.01. The number of aromatic nitrogens is 3. The largest absolute Gasteiger partial charge is 0.353 e. The van der Waals surface area contributed by atoms with Crippen molar-refractivity contribution in [1.29, 1.82) is 0 Å². The highest BCUT2D eigenvalue weighted by Crippen LogP contribution is 2.21. The van der Waals surface area contributed by atoms with Crippen LogP contribution < -0.4 is 10.2 Å². The summed E-state index contributed by atoms with van der Waals surface area (Å²) in [5, 5.41) is 8.15. The Hall–Kier alpha value is -2.40. The van der Waals surface area contributed by atoms with E-state index in [1.165, 1.54) is 0 Å². The van der Waals surface area contributed by atoms with Crippen LogP contribution in [0.2, 0.25) is 0 Å². The topological polar surface area (TPSA) is 45.5 Å². The van der Waals surface area contributed by atoms with Gasteiger partial charge in [-0.25, -0.2) is 9.50 Å². The number of fused-ring (bicyclic) bond motifs is 1. The summed E-state index contributed by atoms with van der Waals surface area (Å²) in [7, 11) is 0. The molecular formula is C16H17N5. The van der Waals surface area contributed by atoms with Gasteiger partial charge in [-0.05, 0) is 12.1 Å². The van der Waals surface area contributed by atoms with Crippen molar-refractivity contribution < 1.29 is 0 Å². The zero-order valence-electron chi connectivity index (χ0n) is 11.7. The van der Waals surface area contributed by atoms with E-state index in [1.807, 2.05) is 35.0 Å². The van der Waals surface area contributed by atoms with Crippen molar-refractivity contribution in [3.63, 3.8) is 0 Å². The molecule has 106 valence electrons. The fraction of sp³-hybridized carbons (Fsp3) is 0.250. The number of rotatable bonds is 2. The molecule has 0 atom stereocenters. The van der Waals surface area contributed by atoms with Crippen molar-refractivity contribution in [2.24, 2.45) is 0 Å². The normalized spacial score (nSPS) is 15.5. The third-order valence-corrected chi connectivity index (χ3v) is 3.86. The minimum atomic E-state index is 0.882. The Morgan fingerprint density at radius 1 is 0.952 bits per heavy atom. The fourth-order valence-corrected chi connectivity index (χ4v) is 2.73. The Balaban J connectivity index is 1.79. The molecule has 4 rings (SSSR count). The third kappa shape index (κ3) is 2.25. The molecule has 0 unspecified atom stereocenters. The van der Waals surface area contributed by atoms with Gasteiger partial charge in [0.25, 0.3) is 0 Å². The Kier molecular flexibility index (Phi) is 3.05. The molecule has 0 amide bonds. The predicted octanol–water partition coefficient (Wildman–Crippen LogP) is 1.81. The van der Waals surface area contributed by atoms with Crippen LogP contribution in [-0.2, 0) is 0 Å². The highest BCUT2D eigenvalue weighted by molar-refractivity contribution is 5.63. The first-order valence-corrected chi connectivity index (χ1v) is 7.28. The van der Waals surface area contributed by atoms with Crippen LogP contribution in [-0.4, -0.2) is 40.8 Å². The van der Waals surface area contributed by atoms with Crippen LogP contribution >= 0.6 is 0 Å². The molecular weight excluding hydrogens is 262 g/mol. The molecule has 5 heteroatoms. The molecule has 0 spiro atoms. The number of anilines is 1. The molecule has 2 aromatic heterocycles. The van der Waals surface area contributed by atoms with Crippen LogP contribution in [0.4, 0.5) is 5.82 Å².